The molecule has 1 fully saturated rings. The Kier molecular flexibility index (Phi) is 5.73. The highest BCUT2D eigenvalue weighted by Crippen LogP contribution is 2.26. The number of carbonyl (C=O) groups is 2. The predicted molar refractivity (Wildman–Crippen MR) is 97.0 cm³/mol. The van der Waals surface area contributed by atoms with E-state index in [2.05, 4.69) is 21.9 Å². The maximum Gasteiger partial charge on any atom is 0.373 e. The first kappa shape index (κ1) is 18.2. The highest BCUT2D eigenvalue weighted by Gasteiger charge is 2.26. The molecule has 1 aromatic carbocycles. The highest BCUT2D eigenvalue weighted by atomic mass is 16.5. The number of rotatable bonds is 5. The van der Waals surface area contributed by atoms with Crippen molar-refractivity contribution in [3.63, 3.8) is 0 Å². The van der Waals surface area contributed by atoms with Crippen LogP contribution in [-0.2, 0) is 4.74 Å². The fraction of sp³-hybridized carbons (Fsp3) is 0.400. The molecule has 0 spiro atoms. The predicted octanol–water partition coefficient (Wildman–Crippen LogP) is 3.02. The Balaban J connectivity index is 1.52. The van der Waals surface area contributed by atoms with Crippen LogP contribution < -0.4 is 5.32 Å². The zero-order valence-corrected chi connectivity index (χ0v) is 15.1. The van der Waals surface area contributed by atoms with Crippen molar-refractivity contribution in [1.29, 1.82) is 0 Å². The summed E-state index contributed by atoms with van der Waals surface area (Å²) in [6, 6.07) is 13.0. The minimum absolute atomic E-state index is 0.0224. The lowest BCUT2D eigenvalue weighted by Crippen LogP contribution is -2.45. The van der Waals surface area contributed by atoms with Gasteiger partial charge in [-0.05, 0) is 44.0 Å². The van der Waals surface area contributed by atoms with Crippen LogP contribution in [-0.4, -0.2) is 43.0 Å². The summed E-state index contributed by atoms with van der Waals surface area (Å²) < 4.78 is 10.3. The van der Waals surface area contributed by atoms with E-state index in [1.165, 1.54) is 7.11 Å². The van der Waals surface area contributed by atoms with E-state index in [-0.39, 0.29) is 23.8 Å². The Morgan fingerprint density at radius 2 is 1.85 bits per heavy atom. The zero-order valence-electron chi connectivity index (χ0n) is 15.1. The molecule has 1 aliphatic rings. The number of furan rings is 1. The lowest BCUT2D eigenvalue weighted by atomic mass is 10.0. The van der Waals surface area contributed by atoms with Gasteiger partial charge < -0.3 is 14.5 Å². The molecule has 1 saturated heterocycles. The van der Waals surface area contributed by atoms with E-state index in [1.54, 1.807) is 6.07 Å². The number of nitrogens with zero attached hydrogens (tertiary/aromatic N) is 1. The smallest absolute Gasteiger partial charge is 0.373 e. The van der Waals surface area contributed by atoms with E-state index in [9.17, 15) is 9.59 Å². The highest BCUT2D eigenvalue weighted by molar-refractivity contribution is 5.94. The van der Waals surface area contributed by atoms with Gasteiger partial charge in [-0.1, -0.05) is 18.2 Å². The molecule has 1 N–H and O–H groups in total. The monoisotopic (exact) mass is 356 g/mol. The van der Waals surface area contributed by atoms with Gasteiger partial charge in [-0.2, -0.15) is 0 Å². The lowest BCUT2D eigenvalue weighted by Gasteiger charge is -2.35. The van der Waals surface area contributed by atoms with Gasteiger partial charge in [0.15, 0.2) is 0 Å². The molecule has 0 saturated carbocycles. The van der Waals surface area contributed by atoms with Crippen LogP contribution in [0.15, 0.2) is 46.9 Å². The SMILES string of the molecule is COC(=O)c1ccc(C(C)N2CCC(NC(=O)c3ccccc3)CC2)o1. The molecule has 1 amide bonds. The largest absolute Gasteiger partial charge is 0.463 e. The normalized spacial score (nSPS) is 16.8. The quantitative estimate of drug-likeness (QED) is 0.834. The molecule has 1 unspecified atom stereocenters. The summed E-state index contributed by atoms with van der Waals surface area (Å²) in [6.07, 6.45) is 1.76. The molecule has 3 rings (SSSR count). The number of methoxy groups -OCH3 is 1. The van der Waals surface area contributed by atoms with Gasteiger partial charge in [-0.25, -0.2) is 4.79 Å². The van der Waals surface area contributed by atoms with Gasteiger partial charge in [-0.15, -0.1) is 0 Å². The maximum atomic E-state index is 12.3. The number of hydrogen-bond donors (Lipinski definition) is 1. The number of benzene rings is 1. The van der Waals surface area contributed by atoms with E-state index < -0.39 is 5.97 Å². The Hall–Kier alpha value is -2.60. The van der Waals surface area contributed by atoms with Gasteiger partial charge in [-0.3, -0.25) is 9.69 Å². The summed E-state index contributed by atoms with van der Waals surface area (Å²) in [5.41, 5.74) is 0.689. The summed E-state index contributed by atoms with van der Waals surface area (Å²) in [5, 5.41) is 3.11. The van der Waals surface area contributed by atoms with Gasteiger partial charge in [0.05, 0.1) is 13.2 Å². The summed E-state index contributed by atoms with van der Waals surface area (Å²) in [6.45, 7) is 3.77. The third-order valence-electron chi connectivity index (χ3n) is 4.87. The van der Waals surface area contributed by atoms with Crippen LogP contribution in [0.4, 0.5) is 0 Å². The molecule has 6 nitrogen and oxygen atoms in total. The molecule has 2 aromatic rings. The van der Waals surface area contributed by atoms with Crippen LogP contribution in [0.25, 0.3) is 0 Å². The zero-order chi connectivity index (χ0) is 18.5. The summed E-state index contributed by atoms with van der Waals surface area (Å²) in [5.74, 6) is 0.480. The van der Waals surface area contributed by atoms with Crippen molar-refractivity contribution in [3.8, 4) is 0 Å². The van der Waals surface area contributed by atoms with E-state index in [4.69, 9.17) is 4.42 Å². The maximum absolute atomic E-state index is 12.3. The number of carbonyl (C=O) groups excluding carboxylic acids is 2. The lowest BCUT2D eigenvalue weighted by molar-refractivity contribution is 0.0557. The van der Waals surface area contributed by atoms with Crippen molar-refractivity contribution in [2.45, 2.75) is 31.8 Å². The summed E-state index contributed by atoms with van der Waals surface area (Å²) in [7, 11) is 1.34. The molecule has 1 aromatic heterocycles. The van der Waals surface area contributed by atoms with Gasteiger partial charge in [0.25, 0.3) is 5.91 Å². The topological polar surface area (TPSA) is 71.8 Å². The molecule has 1 atom stereocenters. The molecule has 0 bridgehead atoms. The molecular formula is C20H24N2O4. The number of nitrogens with one attached hydrogen (secondary N) is 1. The van der Waals surface area contributed by atoms with Gasteiger partial charge >= 0.3 is 5.97 Å². The fourth-order valence-electron chi connectivity index (χ4n) is 3.26. The van der Waals surface area contributed by atoms with E-state index >= 15 is 0 Å². The molecule has 138 valence electrons. The molecule has 26 heavy (non-hydrogen) atoms. The number of likely N-dealkylation sites (tertiary alicyclic amines) is 1. The molecule has 1 aliphatic heterocycles. The van der Waals surface area contributed by atoms with Crippen LogP contribution in [0, 0.1) is 0 Å². The Morgan fingerprint density at radius 1 is 1.15 bits per heavy atom. The van der Waals surface area contributed by atoms with Crippen LogP contribution in [0.2, 0.25) is 0 Å². The minimum Gasteiger partial charge on any atom is -0.463 e. The minimum atomic E-state index is -0.467. The van der Waals surface area contributed by atoms with E-state index in [0.717, 1.165) is 31.7 Å². The van der Waals surface area contributed by atoms with E-state index in [0.29, 0.717) is 5.56 Å². The standard InChI is InChI=1S/C20H24N2O4/c1-14(17-8-9-18(26-17)20(24)25-2)22-12-10-16(11-13-22)21-19(23)15-6-4-3-5-7-15/h3-9,14,16H,10-13H2,1-2H3,(H,21,23). The average Bonchev–Trinajstić information content (AvgIpc) is 3.18. The second kappa shape index (κ2) is 8.19. The third kappa shape index (κ3) is 4.14. The first-order chi connectivity index (χ1) is 12.6. The van der Waals surface area contributed by atoms with Crippen molar-refractivity contribution < 1.29 is 18.7 Å². The number of esters is 1. The van der Waals surface area contributed by atoms with Crippen molar-refractivity contribution in [3.05, 3.63) is 59.5 Å². The van der Waals surface area contributed by atoms with E-state index in [1.807, 2.05) is 36.4 Å². The molecule has 0 radical (unpaired) electrons. The van der Waals surface area contributed by atoms with Crippen molar-refractivity contribution in [1.82, 2.24) is 10.2 Å². The molecular weight excluding hydrogens is 332 g/mol. The Morgan fingerprint density at radius 3 is 2.50 bits per heavy atom. The summed E-state index contributed by atoms with van der Waals surface area (Å²) in [4.78, 5) is 26.1. The number of amides is 1. The van der Waals surface area contributed by atoms with Crippen LogP contribution in [0.5, 0.6) is 0 Å². The van der Waals surface area contributed by atoms with Gasteiger partial charge in [0, 0.05) is 24.7 Å². The molecule has 6 heteroatoms. The van der Waals surface area contributed by atoms with Gasteiger partial charge in [0.1, 0.15) is 5.76 Å². The molecule has 2 heterocycles. The fourth-order valence-corrected chi connectivity index (χ4v) is 3.26. The van der Waals surface area contributed by atoms with Crippen molar-refractivity contribution >= 4 is 11.9 Å². The second-order valence-electron chi connectivity index (χ2n) is 6.52. The second-order valence-corrected chi connectivity index (χ2v) is 6.52. The van der Waals surface area contributed by atoms with Gasteiger partial charge in [0.2, 0.25) is 5.76 Å². The first-order valence-corrected chi connectivity index (χ1v) is 8.86. The Labute approximate surface area is 153 Å². The average molecular weight is 356 g/mol. The number of hydrogen-bond acceptors (Lipinski definition) is 5. The first-order valence-electron chi connectivity index (χ1n) is 8.86. The molecule has 0 aliphatic carbocycles. The summed E-state index contributed by atoms with van der Waals surface area (Å²) >= 11 is 0. The Bertz CT molecular complexity index is 748. The third-order valence-corrected chi connectivity index (χ3v) is 4.87. The van der Waals surface area contributed by atoms with Crippen LogP contribution >= 0.6 is 0 Å². The number of ether oxygens (including phenoxy) is 1. The van der Waals surface area contributed by atoms with Crippen molar-refractivity contribution in [2.24, 2.45) is 0 Å². The van der Waals surface area contributed by atoms with Crippen molar-refractivity contribution in [2.75, 3.05) is 20.2 Å². The van der Waals surface area contributed by atoms with Crippen LogP contribution in [0.3, 0.4) is 0 Å². The number of piperidine rings is 1. The van der Waals surface area contributed by atoms with Crippen LogP contribution in [0.1, 0.15) is 52.5 Å².